The largest absolute Gasteiger partial charge is 0.416 e. The Morgan fingerprint density at radius 1 is 1.11 bits per heavy atom. The van der Waals surface area contributed by atoms with Crippen molar-refractivity contribution in [3.05, 3.63) is 58.9 Å². The SMILES string of the molecule is CC(I)c1ccc(Cc2ccc(C(F)(F)F)cc2)[nH]1. The third-order valence-electron chi connectivity index (χ3n) is 2.87. The van der Waals surface area contributed by atoms with E-state index in [9.17, 15) is 13.2 Å². The lowest BCUT2D eigenvalue weighted by Gasteiger charge is -2.07. The number of halogens is 4. The van der Waals surface area contributed by atoms with E-state index in [2.05, 4.69) is 34.5 Å². The first-order valence-electron chi connectivity index (χ1n) is 5.84. The molecule has 0 radical (unpaired) electrons. The van der Waals surface area contributed by atoms with E-state index in [1.54, 1.807) is 0 Å². The molecule has 0 aliphatic heterocycles. The molecule has 0 aliphatic carbocycles. The molecule has 102 valence electrons. The fraction of sp³-hybridized carbons (Fsp3) is 0.286. The first-order chi connectivity index (χ1) is 8.86. The van der Waals surface area contributed by atoms with Crippen molar-refractivity contribution in [2.75, 3.05) is 0 Å². The molecule has 0 amide bonds. The zero-order chi connectivity index (χ0) is 14.0. The van der Waals surface area contributed by atoms with Crippen LogP contribution in [0, 0.1) is 0 Å². The van der Waals surface area contributed by atoms with Crippen LogP contribution in [0.25, 0.3) is 0 Å². The molecule has 0 saturated carbocycles. The monoisotopic (exact) mass is 379 g/mol. The Morgan fingerprint density at radius 2 is 1.74 bits per heavy atom. The van der Waals surface area contributed by atoms with Gasteiger partial charge in [0.05, 0.1) is 5.56 Å². The quantitative estimate of drug-likeness (QED) is 0.563. The molecule has 1 aromatic carbocycles. The zero-order valence-electron chi connectivity index (χ0n) is 10.3. The van der Waals surface area contributed by atoms with E-state index in [-0.39, 0.29) is 0 Å². The minimum absolute atomic E-state index is 0.388. The number of H-pyrrole nitrogens is 1. The van der Waals surface area contributed by atoms with Gasteiger partial charge in [0.2, 0.25) is 0 Å². The Balaban J connectivity index is 2.11. The summed E-state index contributed by atoms with van der Waals surface area (Å²) in [5, 5.41) is 0. The maximum atomic E-state index is 12.4. The van der Waals surface area contributed by atoms with Crippen molar-refractivity contribution in [2.24, 2.45) is 0 Å². The van der Waals surface area contributed by atoms with Gasteiger partial charge in [0.25, 0.3) is 0 Å². The van der Waals surface area contributed by atoms with Crippen LogP contribution < -0.4 is 0 Å². The Morgan fingerprint density at radius 3 is 2.21 bits per heavy atom. The second-order valence-electron chi connectivity index (χ2n) is 4.43. The second kappa shape index (κ2) is 5.56. The maximum absolute atomic E-state index is 12.4. The van der Waals surface area contributed by atoms with E-state index in [0.717, 1.165) is 29.1 Å². The van der Waals surface area contributed by atoms with Crippen LogP contribution in [0.1, 0.15) is 33.4 Å². The summed E-state index contributed by atoms with van der Waals surface area (Å²) in [6.45, 7) is 2.08. The first-order valence-corrected chi connectivity index (χ1v) is 7.09. The van der Waals surface area contributed by atoms with Crippen molar-refractivity contribution in [3.8, 4) is 0 Å². The van der Waals surface area contributed by atoms with Crippen LogP contribution in [0.15, 0.2) is 36.4 Å². The number of aromatic amines is 1. The molecule has 1 atom stereocenters. The Bertz CT molecular complexity index is 541. The first kappa shape index (κ1) is 14.4. The molecule has 1 N–H and O–H groups in total. The molecule has 0 aliphatic rings. The van der Waals surface area contributed by atoms with E-state index in [0.29, 0.717) is 10.3 Å². The van der Waals surface area contributed by atoms with E-state index in [1.165, 1.54) is 12.1 Å². The normalized spacial score (nSPS) is 13.5. The van der Waals surface area contributed by atoms with E-state index >= 15 is 0 Å². The summed E-state index contributed by atoms with van der Waals surface area (Å²) in [4.78, 5) is 3.28. The van der Waals surface area contributed by atoms with Crippen LogP contribution in [0.2, 0.25) is 0 Å². The lowest BCUT2D eigenvalue weighted by molar-refractivity contribution is -0.137. The third kappa shape index (κ3) is 3.75. The lowest BCUT2D eigenvalue weighted by Crippen LogP contribution is -2.04. The highest BCUT2D eigenvalue weighted by Crippen LogP contribution is 2.29. The van der Waals surface area contributed by atoms with Crippen LogP contribution in [0.5, 0.6) is 0 Å². The molecule has 0 spiro atoms. The van der Waals surface area contributed by atoms with Crippen LogP contribution in [0.3, 0.4) is 0 Å². The van der Waals surface area contributed by atoms with Gasteiger partial charge in [-0.2, -0.15) is 13.2 Å². The van der Waals surface area contributed by atoms with Gasteiger partial charge in [-0.15, -0.1) is 0 Å². The predicted octanol–water partition coefficient (Wildman–Crippen LogP) is 5.12. The number of aromatic nitrogens is 1. The highest BCUT2D eigenvalue weighted by molar-refractivity contribution is 14.1. The maximum Gasteiger partial charge on any atom is 0.416 e. The highest BCUT2D eigenvalue weighted by atomic mass is 127. The number of alkyl halides is 4. The summed E-state index contributed by atoms with van der Waals surface area (Å²) in [6, 6.07) is 9.28. The summed E-state index contributed by atoms with van der Waals surface area (Å²) in [6.07, 6.45) is -3.66. The van der Waals surface area contributed by atoms with Crippen molar-refractivity contribution in [1.29, 1.82) is 0 Å². The molecule has 1 aromatic heterocycles. The van der Waals surface area contributed by atoms with Crippen molar-refractivity contribution >= 4 is 22.6 Å². The number of rotatable bonds is 3. The number of hydrogen-bond acceptors (Lipinski definition) is 0. The molecule has 0 fully saturated rings. The summed E-state index contributed by atoms with van der Waals surface area (Å²) >= 11 is 2.31. The topological polar surface area (TPSA) is 15.8 Å². The Hall–Kier alpha value is -0.980. The molecule has 19 heavy (non-hydrogen) atoms. The van der Waals surface area contributed by atoms with Crippen LogP contribution in [-0.4, -0.2) is 4.98 Å². The van der Waals surface area contributed by atoms with Gasteiger partial charge in [0.1, 0.15) is 0 Å². The van der Waals surface area contributed by atoms with Gasteiger partial charge in [-0.1, -0.05) is 34.7 Å². The highest BCUT2D eigenvalue weighted by Gasteiger charge is 2.29. The zero-order valence-corrected chi connectivity index (χ0v) is 12.4. The van der Waals surface area contributed by atoms with Gasteiger partial charge in [0, 0.05) is 21.7 Å². The van der Waals surface area contributed by atoms with Crippen LogP contribution in [0.4, 0.5) is 13.2 Å². The molecular formula is C14H13F3IN. The minimum Gasteiger partial charge on any atom is -0.361 e. The van der Waals surface area contributed by atoms with Crippen molar-refractivity contribution < 1.29 is 13.2 Å². The Labute approximate surface area is 123 Å². The molecule has 0 bridgehead atoms. The van der Waals surface area contributed by atoms with Gasteiger partial charge in [-0.05, 0) is 36.8 Å². The van der Waals surface area contributed by atoms with Gasteiger partial charge < -0.3 is 4.98 Å². The van der Waals surface area contributed by atoms with E-state index in [4.69, 9.17) is 0 Å². The summed E-state index contributed by atoms with van der Waals surface area (Å²) in [5.74, 6) is 0. The molecule has 2 rings (SSSR count). The fourth-order valence-corrected chi connectivity index (χ4v) is 2.19. The average Bonchev–Trinajstić information content (AvgIpc) is 2.77. The standard InChI is InChI=1S/C14H13F3IN/c1-9(18)13-7-6-12(19-13)8-10-2-4-11(5-3-10)14(15,16)17/h2-7,9,19H,8H2,1H3. The molecule has 1 nitrogen and oxygen atoms in total. The summed E-state index contributed by atoms with van der Waals surface area (Å²) in [7, 11) is 0. The van der Waals surface area contributed by atoms with Crippen molar-refractivity contribution in [1.82, 2.24) is 4.98 Å². The molecule has 0 saturated heterocycles. The van der Waals surface area contributed by atoms with E-state index < -0.39 is 11.7 Å². The van der Waals surface area contributed by atoms with Crippen LogP contribution >= 0.6 is 22.6 Å². The molecule has 2 aromatic rings. The number of nitrogens with one attached hydrogen (secondary N) is 1. The van der Waals surface area contributed by atoms with Gasteiger partial charge in [0.15, 0.2) is 0 Å². The summed E-state index contributed by atoms with van der Waals surface area (Å²) < 4.78 is 37.7. The smallest absolute Gasteiger partial charge is 0.361 e. The van der Waals surface area contributed by atoms with Crippen LogP contribution in [-0.2, 0) is 12.6 Å². The number of benzene rings is 1. The molecule has 1 unspecified atom stereocenters. The van der Waals surface area contributed by atoms with Crippen molar-refractivity contribution in [2.45, 2.75) is 23.4 Å². The fourth-order valence-electron chi connectivity index (χ4n) is 1.83. The molecule has 5 heteroatoms. The van der Waals surface area contributed by atoms with E-state index in [1.807, 2.05) is 12.1 Å². The second-order valence-corrected chi connectivity index (χ2v) is 6.29. The van der Waals surface area contributed by atoms with Gasteiger partial charge in [-0.3, -0.25) is 0 Å². The Kier molecular flexibility index (Phi) is 4.23. The van der Waals surface area contributed by atoms with Crippen molar-refractivity contribution in [3.63, 3.8) is 0 Å². The number of hydrogen-bond donors (Lipinski definition) is 1. The predicted molar refractivity (Wildman–Crippen MR) is 77.5 cm³/mol. The molecule has 1 heterocycles. The van der Waals surface area contributed by atoms with Gasteiger partial charge >= 0.3 is 6.18 Å². The van der Waals surface area contributed by atoms with Gasteiger partial charge in [-0.25, -0.2) is 0 Å². The third-order valence-corrected chi connectivity index (χ3v) is 3.54. The summed E-state index contributed by atoms with van der Waals surface area (Å²) in [5.41, 5.74) is 2.40. The molecular weight excluding hydrogens is 366 g/mol. The minimum atomic E-state index is -4.27. The lowest BCUT2D eigenvalue weighted by atomic mass is 10.1. The average molecular weight is 379 g/mol.